The molecule has 0 radical (unpaired) electrons. The SMILES string of the molecule is CCOC(=O)Cc1ncn2c1CC(F)C2. The van der Waals surface area contributed by atoms with Crippen LogP contribution < -0.4 is 0 Å². The fourth-order valence-electron chi connectivity index (χ4n) is 1.83. The summed E-state index contributed by atoms with van der Waals surface area (Å²) in [7, 11) is 0. The fraction of sp³-hybridized carbons (Fsp3) is 0.600. The van der Waals surface area contributed by atoms with Gasteiger partial charge >= 0.3 is 5.97 Å². The maximum atomic E-state index is 13.1. The van der Waals surface area contributed by atoms with Crippen molar-refractivity contribution in [1.82, 2.24) is 9.55 Å². The van der Waals surface area contributed by atoms with E-state index in [4.69, 9.17) is 4.74 Å². The Morgan fingerprint density at radius 3 is 3.33 bits per heavy atom. The Labute approximate surface area is 87.1 Å². The van der Waals surface area contributed by atoms with Crippen LogP contribution in [0.4, 0.5) is 4.39 Å². The molecule has 0 N–H and O–H groups in total. The van der Waals surface area contributed by atoms with Gasteiger partial charge in [-0.15, -0.1) is 0 Å². The van der Waals surface area contributed by atoms with Crippen LogP contribution in [-0.2, 0) is 28.9 Å². The molecule has 0 bridgehead atoms. The molecule has 0 saturated carbocycles. The normalized spacial score (nSPS) is 18.9. The molecule has 0 aliphatic carbocycles. The lowest BCUT2D eigenvalue weighted by Gasteiger charge is -2.00. The van der Waals surface area contributed by atoms with E-state index in [1.807, 2.05) is 0 Å². The molecule has 82 valence electrons. The predicted octanol–water partition coefficient (Wildman–Crippen LogP) is 0.883. The van der Waals surface area contributed by atoms with Gasteiger partial charge in [-0.05, 0) is 6.92 Å². The zero-order valence-electron chi connectivity index (χ0n) is 8.57. The summed E-state index contributed by atoms with van der Waals surface area (Å²) in [5.74, 6) is -0.304. The molecule has 1 unspecified atom stereocenters. The Hall–Kier alpha value is -1.39. The van der Waals surface area contributed by atoms with Crippen LogP contribution in [-0.4, -0.2) is 28.3 Å². The minimum atomic E-state index is -0.844. The van der Waals surface area contributed by atoms with Crippen molar-refractivity contribution < 1.29 is 13.9 Å². The van der Waals surface area contributed by atoms with Crippen LogP contribution >= 0.6 is 0 Å². The lowest BCUT2D eigenvalue weighted by Crippen LogP contribution is -2.09. The number of carbonyl (C=O) groups excluding carboxylic acids is 1. The first-order valence-electron chi connectivity index (χ1n) is 5.03. The Morgan fingerprint density at radius 2 is 2.60 bits per heavy atom. The molecule has 5 heteroatoms. The molecule has 15 heavy (non-hydrogen) atoms. The molecule has 4 nitrogen and oxygen atoms in total. The van der Waals surface area contributed by atoms with E-state index < -0.39 is 6.17 Å². The summed E-state index contributed by atoms with van der Waals surface area (Å²) in [5.41, 5.74) is 1.48. The zero-order chi connectivity index (χ0) is 10.8. The number of carbonyl (C=O) groups is 1. The predicted molar refractivity (Wildman–Crippen MR) is 51.2 cm³/mol. The van der Waals surface area contributed by atoms with Gasteiger partial charge in [0.15, 0.2) is 0 Å². The number of esters is 1. The van der Waals surface area contributed by atoms with Crippen LogP contribution in [0.5, 0.6) is 0 Å². The minimum Gasteiger partial charge on any atom is -0.466 e. The van der Waals surface area contributed by atoms with Crippen molar-refractivity contribution in [2.45, 2.75) is 32.5 Å². The highest BCUT2D eigenvalue weighted by atomic mass is 19.1. The molecule has 2 heterocycles. The summed E-state index contributed by atoms with van der Waals surface area (Å²) in [4.78, 5) is 15.3. The zero-order valence-corrected chi connectivity index (χ0v) is 8.57. The van der Waals surface area contributed by atoms with Gasteiger partial charge in [0.1, 0.15) is 6.17 Å². The second-order valence-electron chi connectivity index (χ2n) is 3.57. The van der Waals surface area contributed by atoms with E-state index >= 15 is 0 Å². The van der Waals surface area contributed by atoms with Crippen molar-refractivity contribution in [3.8, 4) is 0 Å². The van der Waals surface area contributed by atoms with Crippen LogP contribution in [0.25, 0.3) is 0 Å². The van der Waals surface area contributed by atoms with E-state index in [0.29, 0.717) is 25.3 Å². The molecule has 1 aromatic heterocycles. The van der Waals surface area contributed by atoms with Gasteiger partial charge in [-0.25, -0.2) is 9.37 Å². The third-order valence-electron chi connectivity index (χ3n) is 2.46. The summed E-state index contributed by atoms with van der Waals surface area (Å²) < 4.78 is 19.6. The number of halogens is 1. The maximum Gasteiger partial charge on any atom is 0.311 e. The van der Waals surface area contributed by atoms with Gasteiger partial charge in [-0.2, -0.15) is 0 Å². The first kappa shape index (κ1) is 10.1. The topological polar surface area (TPSA) is 44.1 Å². The molecule has 1 aliphatic heterocycles. The first-order valence-corrected chi connectivity index (χ1v) is 5.03. The molecule has 0 amide bonds. The summed E-state index contributed by atoms with van der Waals surface area (Å²) >= 11 is 0. The highest BCUT2D eigenvalue weighted by molar-refractivity contribution is 5.72. The highest BCUT2D eigenvalue weighted by Crippen LogP contribution is 2.21. The summed E-state index contributed by atoms with van der Waals surface area (Å²) in [6, 6.07) is 0. The van der Waals surface area contributed by atoms with Gasteiger partial charge in [-0.1, -0.05) is 0 Å². The lowest BCUT2D eigenvalue weighted by molar-refractivity contribution is -0.142. The van der Waals surface area contributed by atoms with Crippen LogP contribution in [0.1, 0.15) is 18.3 Å². The van der Waals surface area contributed by atoms with Crippen LogP contribution in [0.2, 0.25) is 0 Å². The van der Waals surface area contributed by atoms with Gasteiger partial charge in [0.2, 0.25) is 0 Å². The number of hydrogen-bond donors (Lipinski definition) is 0. The summed E-state index contributed by atoms with van der Waals surface area (Å²) in [5, 5.41) is 0. The second-order valence-corrected chi connectivity index (χ2v) is 3.57. The monoisotopic (exact) mass is 212 g/mol. The molecular weight excluding hydrogens is 199 g/mol. The van der Waals surface area contributed by atoms with Gasteiger partial charge < -0.3 is 9.30 Å². The van der Waals surface area contributed by atoms with Crippen molar-refractivity contribution >= 4 is 5.97 Å². The standard InChI is InChI=1S/C10H13FN2O2/c1-2-15-10(14)4-8-9-3-7(11)5-13(9)6-12-8/h6-7H,2-5H2,1H3. The van der Waals surface area contributed by atoms with Crippen molar-refractivity contribution in [2.24, 2.45) is 0 Å². The van der Waals surface area contributed by atoms with E-state index in [1.165, 1.54) is 0 Å². The number of alkyl halides is 1. The van der Waals surface area contributed by atoms with Gasteiger partial charge in [0.05, 0.1) is 31.6 Å². The molecule has 0 fully saturated rings. The summed E-state index contributed by atoms with van der Waals surface area (Å²) in [6.45, 7) is 2.47. The molecule has 0 saturated heterocycles. The van der Waals surface area contributed by atoms with E-state index in [-0.39, 0.29) is 12.4 Å². The fourth-order valence-corrected chi connectivity index (χ4v) is 1.83. The number of fused-ring (bicyclic) bond motifs is 1. The van der Waals surface area contributed by atoms with Crippen molar-refractivity contribution in [2.75, 3.05) is 6.61 Å². The number of ether oxygens (including phenoxy) is 1. The van der Waals surface area contributed by atoms with Crippen LogP contribution in [0, 0.1) is 0 Å². The number of imidazole rings is 1. The van der Waals surface area contributed by atoms with E-state index in [9.17, 15) is 9.18 Å². The summed E-state index contributed by atoms with van der Waals surface area (Å²) in [6.07, 6.45) is 1.24. The van der Waals surface area contributed by atoms with Crippen molar-refractivity contribution in [1.29, 1.82) is 0 Å². The average molecular weight is 212 g/mol. The number of hydrogen-bond acceptors (Lipinski definition) is 3. The Bertz CT molecular complexity index is 375. The van der Waals surface area contributed by atoms with Gasteiger partial charge in [0, 0.05) is 12.1 Å². The van der Waals surface area contributed by atoms with Crippen molar-refractivity contribution in [3.05, 3.63) is 17.7 Å². The molecule has 1 aliphatic rings. The molecule has 1 aromatic rings. The minimum absolute atomic E-state index is 0.142. The molecule has 0 aromatic carbocycles. The van der Waals surface area contributed by atoms with Gasteiger partial charge in [0.25, 0.3) is 0 Å². The molecule has 2 rings (SSSR count). The molecule has 1 atom stereocenters. The van der Waals surface area contributed by atoms with E-state index in [0.717, 1.165) is 5.69 Å². The first-order chi connectivity index (χ1) is 7.20. The Morgan fingerprint density at radius 1 is 1.80 bits per heavy atom. The number of rotatable bonds is 3. The second kappa shape index (κ2) is 4.00. The van der Waals surface area contributed by atoms with E-state index in [1.54, 1.807) is 17.8 Å². The third kappa shape index (κ3) is 2.00. The Balaban J connectivity index is 2.07. The largest absolute Gasteiger partial charge is 0.466 e. The maximum absolute atomic E-state index is 13.1. The number of aromatic nitrogens is 2. The number of nitrogens with zero attached hydrogens (tertiary/aromatic N) is 2. The van der Waals surface area contributed by atoms with Crippen LogP contribution in [0.3, 0.4) is 0 Å². The quantitative estimate of drug-likeness (QED) is 0.699. The Kier molecular flexibility index (Phi) is 2.70. The average Bonchev–Trinajstić information content (AvgIpc) is 2.67. The molecular formula is C10H13FN2O2. The van der Waals surface area contributed by atoms with Crippen molar-refractivity contribution in [3.63, 3.8) is 0 Å². The third-order valence-corrected chi connectivity index (χ3v) is 2.46. The highest BCUT2D eigenvalue weighted by Gasteiger charge is 2.25. The lowest BCUT2D eigenvalue weighted by atomic mass is 10.2. The smallest absolute Gasteiger partial charge is 0.311 e. The van der Waals surface area contributed by atoms with E-state index in [2.05, 4.69) is 4.98 Å². The van der Waals surface area contributed by atoms with Gasteiger partial charge in [-0.3, -0.25) is 4.79 Å². The molecule has 0 spiro atoms. The van der Waals surface area contributed by atoms with Crippen LogP contribution in [0.15, 0.2) is 6.33 Å².